The van der Waals surface area contributed by atoms with Crippen molar-refractivity contribution in [2.45, 2.75) is 31.4 Å². The average Bonchev–Trinajstić information content (AvgIpc) is 2.77. The summed E-state index contributed by atoms with van der Waals surface area (Å²) in [6.45, 7) is 1.43. The van der Waals surface area contributed by atoms with Gasteiger partial charge in [-0.3, -0.25) is 4.68 Å². The monoisotopic (exact) mass is 253 g/mol. The van der Waals surface area contributed by atoms with Crippen LogP contribution in [0.5, 0.6) is 0 Å². The van der Waals surface area contributed by atoms with E-state index in [4.69, 9.17) is 9.47 Å². The zero-order chi connectivity index (χ0) is 13.0. The molecule has 1 aromatic heterocycles. The molecule has 1 aliphatic carbocycles. The maximum absolute atomic E-state index is 5.37. The summed E-state index contributed by atoms with van der Waals surface area (Å²) in [5.74, 6) is 0. The second-order valence-corrected chi connectivity index (χ2v) is 4.84. The van der Waals surface area contributed by atoms with Gasteiger partial charge in [0.1, 0.15) is 0 Å². The van der Waals surface area contributed by atoms with Crippen LogP contribution in [-0.2, 0) is 22.9 Å². The molecule has 0 aliphatic heterocycles. The number of nitrogens with zero attached hydrogens (tertiary/aromatic N) is 2. The van der Waals surface area contributed by atoms with Gasteiger partial charge in [0, 0.05) is 45.1 Å². The highest BCUT2D eigenvalue weighted by molar-refractivity contribution is 5.24. The van der Waals surface area contributed by atoms with E-state index in [0.717, 1.165) is 13.0 Å². The van der Waals surface area contributed by atoms with Crippen LogP contribution in [0.4, 0.5) is 0 Å². The Hall–Kier alpha value is -0.910. The lowest BCUT2D eigenvalue weighted by Gasteiger charge is -2.25. The van der Waals surface area contributed by atoms with Gasteiger partial charge in [-0.15, -0.1) is 0 Å². The molecular weight excluding hydrogens is 230 g/mol. The van der Waals surface area contributed by atoms with Crippen molar-refractivity contribution < 1.29 is 9.47 Å². The fraction of sp³-hybridized carbons (Fsp3) is 0.769. The first-order chi connectivity index (χ1) is 8.76. The molecule has 1 aliphatic rings. The van der Waals surface area contributed by atoms with Crippen molar-refractivity contribution in [1.29, 1.82) is 0 Å². The minimum absolute atomic E-state index is 0.108. The van der Waals surface area contributed by atoms with Crippen LogP contribution < -0.4 is 5.32 Å². The van der Waals surface area contributed by atoms with Crippen molar-refractivity contribution in [2.24, 2.45) is 7.05 Å². The smallest absolute Gasteiger partial charge is 0.0928 e. The second kappa shape index (κ2) is 6.31. The van der Waals surface area contributed by atoms with E-state index in [1.807, 2.05) is 17.9 Å². The maximum Gasteiger partial charge on any atom is 0.0928 e. The lowest BCUT2D eigenvalue weighted by atomic mass is 9.93. The van der Waals surface area contributed by atoms with Crippen LogP contribution in [0.3, 0.4) is 0 Å². The Labute approximate surface area is 108 Å². The van der Waals surface area contributed by atoms with Crippen molar-refractivity contribution in [3.63, 3.8) is 0 Å². The summed E-state index contributed by atoms with van der Waals surface area (Å²) in [5.41, 5.74) is 2.70. The van der Waals surface area contributed by atoms with E-state index in [0.29, 0.717) is 12.6 Å². The highest BCUT2D eigenvalue weighted by Gasteiger charge is 2.23. The summed E-state index contributed by atoms with van der Waals surface area (Å²) in [6.07, 6.45) is 5.62. The van der Waals surface area contributed by atoms with Gasteiger partial charge in [0.25, 0.3) is 0 Å². The molecule has 1 N–H and O–H groups in total. The van der Waals surface area contributed by atoms with Gasteiger partial charge in [-0.25, -0.2) is 0 Å². The summed E-state index contributed by atoms with van der Waals surface area (Å²) in [6, 6.07) is 0.400. The number of hydrogen-bond acceptors (Lipinski definition) is 4. The molecule has 0 radical (unpaired) electrons. The zero-order valence-electron chi connectivity index (χ0n) is 11.5. The largest absolute Gasteiger partial charge is 0.382 e. The molecule has 0 amide bonds. The Morgan fingerprint density at radius 1 is 1.56 bits per heavy atom. The van der Waals surface area contributed by atoms with Crippen molar-refractivity contribution in [3.05, 3.63) is 17.5 Å². The molecule has 2 atom stereocenters. The molecule has 102 valence electrons. The molecule has 2 unspecified atom stereocenters. The number of hydrogen-bond donors (Lipinski definition) is 1. The third-order valence-electron chi connectivity index (χ3n) is 3.65. The Morgan fingerprint density at radius 2 is 2.39 bits per heavy atom. The predicted octanol–water partition coefficient (Wildman–Crippen LogP) is 1.05. The summed E-state index contributed by atoms with van der Waals surface area (Å²) in [5, 5.41) is 7.92. The summed E-state index contributed by atoms with van der Waals surface area (Å²) >= 11 is 0. The summed E-state index contributed by atoms with van der Waals surface area (Å²) in [4.78, 5) is 0. The van der Waals surface area contributed by atoms with Crippen LogP contribution >= 0.6 is 0 Å². The lowest BCUT2D eigenvalue weighted by molar-refractivity contribution is 0.0270. The van der Waals surface area contributed by atoms with E-state index in [-0.39, 0.29) is 6.10 Å². The summed E-state index contributed by atoms with van der Waals surface area (Å²) < 4.78 is 12.5. The molecule has 0 saturated heterocycles. The van der Waals surface area contributed by atoms with Gasteiger partial charge >= 0.3 is 0 Å². The molecule has 2 rings (SSSR count). The van der Waals surface area contributed by atoms with Crippen molar-refractivity contribution >= 4 is 0 Å². The van der Waals surface area contributed by atoms with Crippen LogP contribution in [0.2, 0.25) is 0 Å². The van der Waals surface area contributed by atoms with Crippen molar-refractivity contribution in [2.75, 3.05) is 27.4 Å². The normalized spacial score (nSPS) is 20.7. The molecule has 0 spiro atoms. The molecule has 0 aromatic carbocycles. The van der Waals surface area contributed by atoms with Gasteiger partial charge < -0.3 is 14.8 Å². The van der Waals surface area contributed by atoms with Gasteiger partial charge in [0.05, 0.1) is 18.9 Å². The average molecular weight is 253 g/mol. The van der Waals surface area contributed by atoms with Gasteiger partial charge in [0.2, 0.25) is 0 Å². The first-order valence-corrected chi connectivity index (χ1v) is 6.52. The molecule has 5 heteroatoms. The van der Waals surface area contributed by atoms with E-state index < -0.39 is 0 Å². The number of methoxy groups -OCH3 is 2. The molecule has 5 nitrogen and oxygen atoms in total. The minimum atomic E-state index is 0.108. The van der Waals surface area contributed by atoms with Crippen LogP contribution in [-0.4, -0.2) is 43.3 Å². The number of aromatic nitrogens is 2. The van der Waals surface area contributed by atoms with Crippen molar-refractivity contribution in [1.82, 2.24) is 15.1 Å². The standard InChI is InChI=1S/C13H23N3O2/c1-16-13-6-4-5-12(11(13)8-15-16)14-7-10(18-3)9-17-2/h8,10,12,14H,4-7,9H2,1-3H3. The molecule has 0 fully saturated rings. The summed E-state index contributed by atoms with van der Waals surface area (Å²) in [7, 11) is 5.44. The fourth-order valence-corrected chi connectivity index (χ4v) is 2.59. The van der Waals surface area contributed by atoms with Crippen LogP contribution in [0, 0.1) is 0 Å². The maximum atomic E-state index is 5.37. The number of fused-ring (bicyclic) bond motifs is 1. The Bertz CT molecular complexity index is 378. The second-order valence-electron chi connectivity index (χ2n) is 4.84. The highest BCUT2D eigenvalue weighted by Crippen LogP contribution is 2.28. The molecular formula is C13H23N3O2. The highest BCUT2D eigenvalue weighted by atomic mass is 16.5. The third-order valence-corrected chi connectivity index (χ3v) is 3.65. The number of ether oxygens (including phenoxy) is 2. The minimum Gasteiger partial charge on any atom is -0.382 e. The predicted molar refractivity (Wildman–Crippen MR) is 69.6 cm³/mol. The van der Waals surface area contributed by atoms with Gasteiger partial charge in [-0.1, -0.05) is 0 Å². The van der Waals surface area contributed by atoms with E-state index in [9.17, 15) is 0 Å². The number of rotatable bonds is 6. The van der Waals surface area contributed by atoms with E-state index >= 15 is 0 Å². The first kappa shape index (κ1) is 13.5. The quantitative estimate of drug-likeness (QED) is 0.823. The topological polar surface area (TPSA) is 48.3 Å². The van der Waals surface area contributed by atoms with Gasteiger partial charge in [-0.05, 0) is 19.3 Å². The van der Waals surface area contributed by atoms with Gasteiger partial charge in [-0.2, -0.15) is 5.10 Å². The SMILES string of the molecule is COCC(CNC1CCCc2c1cnn2C)OC. The van der Waals surface area contributed by atoms with E-state index in [2.05, 4.69) is 10.4 Å². The molecule has 1 aromatic rings. The Balaban J connectivity index is 1.94. The fourth-order valence-electron chi connectivity index (χ4n) is 2.59. The molecule has 0 bridgehead atoms. The molecule has 0 saturated carbocycles. The van der Waals surface area contributed by atoms with Gasteiger partial charge in [0.15, 0.2) is 0 Å². The van der Waals surface area contributed by atoms with Crippen LogP contribution in [0.15, 0.2) is 6.20 Å². The van der Waals surface area contributed by atoms with Crippen LogP contribution in [0.25, 0.3) is 0 Å². The third kappa shape index (κ3) is 2.91. The number of aryl methyl sites for hydroxylation is 1. The van der Waals surface area contributed by atoms with E-state index in [1.165, 1.54) is 24.1 Å². The van der Waals surface area contributed by atoms with Crippen LogP contribution in [0.1, 0.15) is 30.1 Å². The molecule has 1 heterocycles. The Kier molecular flexibility index (Phi) is 4.74. The first-order valence-electron chi connectivity index (χ1n) is 6.52. The Morgan fingerprint density at radius 3 is 3.11 bits per heavy atom. The molecule has 18 heavy (non-hydrogen) atoms. The van der Waals surface area contributed by atoms with E-state index in [1.54, 1.807) is 14.2 Å². The zero-order valence-corrected chi connectivity index (χ0v) is 11.5. The number of nitrogens with one attached hydrogen (secondary N) is 1. The van der Waals surface area contributed by atoms with Crippen molar-refractivity contribution in [3.8, 4) is 0 Å². The lowest BCUT2D eigenvalue weighted by Crippen LogP contribution is -2.35.